The zero-order chi connectivity index (χ0) is 13.3. The molecule has 3 nitrogen and oxygen atoms in total. The van der Waals surface area contributed by atoms with E-state index >= 15 is 0 Å². The second-order valence-electron chi connectivity index (χ2n) is 5.55. The summed E-state index contributed by atoms with van der Waals surface area (Å²) in [5.41, 5.74) is 3.00. The van der Waals surface area contributed by atoms with E-state index in [4.69, 9.17) is 6.57 Å². The van der Waals surface area contributed by atoms with Crippen LogP contribution in [0.3, 0.4) is 0 Å². The molecule has 5 heteroatoms. The molecule has 0 unspecified atom stereocenters. The van der Waals surface area contributed by atoms with E-state index in [0.717, 1.165) is 29.7 Å². The summed E-state index contributed by atoms with van der Waals surface area (Å²) >= 11 is 0. The molecule has 1 aromatic rings. The van der Waals surface area contributed by atoms with E-state index in [1.165, 1.54) is 0 Å². The topological polar surface area (TPSA) is 33.5 Å². The number of nitrogens with zero attached hydrogens (tertiary/aromatic N) is 1. The van der Waals surface area contributed by atoms with Gasteiger partial charge in [0.2, 0.25) is 0 Å². The molecule has 0 saturated carbocycles. The molecular formula is C15H24N2OS2. The molecule has 0 aliphatic heterocycles. The Bertz CT molecular complexity index is 530. The Morgan fingerprint density at radius 1 is 1.40 bits per heavy atom. The summed E-state index contributed by atoms with van der Waals surface area (Å²) in [6.45, 7) is 13.0. The van der Waals surface area contributed by atoms with Crippen LogP contribution in [0, 0.1) is 6.57 Å². The monoisotopic (exact) mass is 312 g/mol. The lowest BCUT2D eigenvalue weighted by molar-refractivity contribution is 0.596. The molecule has 0 spiro atoms. The van der Waals surface area contributed by atoms with Crippen molar-refractivity contribution in [3.8, 4) is 0 Å². The van der Waals surface area contributed by atoms with Gasteiger partial charge in [0.15, 0.2) is 5.69 Å². The van der Waals surface area contributed by atoms with Gasteiger partial charge >= 0.3 is 0 Å². The zero-order valence-corrected chi connectivity index (χ0v) is 13.3. The second kappa shape index (κ2) is 7.26. The molecule has 0 saturated heterocycles. The summed E-state index contributed by atoms with van der Waals surface area (Å²) in [5, 5.41) is 0. The van der Waals surface area contributed by atoms with Gasteiger partial charge in [0.1, 0.15) is 0 Å². The summed E-state index contributed by atoms with van der Waals surface area (Å²) in [4.78, 5) is 3.55. The van der Waals surface area contributed by atoms with Crippen LogP contribution < -0.4 is 4.72 Å². The van der Waals surface area contributed by atoms with Crippen LogP contribution in [0.4, 0.5) is 5.69 Å². The third-order valence-electron chi connectivity index (χ3n) is 3.17. The van der Waals surface area contributed by atoms with Crippen LogP contribution in [0.5, 0.6) is 0 Å². The summed E-state index contributed by atoms with van der Waals surface area (Å²) in [7, 11) is -1.07. The summed E-state index contributed by atoms with van der Waals surface area (Å²) in [5.74, 6) is 0. The normalized spacial score (nSPS) is 18.2. The van der Waals surface area contributed by atoms with Crippen molar-refractivity contribution in [3.63, 3.8) is 0 Å². The minimum atomic E-state index is -1.07. The summed E-state index contributed by atoms with van der Waals surface area (Å²) in [6, 6.07) is 5.91. The maximum Gasteiger partial charge on any atom is 0.190 e. The Morgan fingerprint density at radius 3 is 2.60 bits per heavy atom. The SMILES string of the molecule is C.S.[C-]#[N+]c1cccc2c1CC[C@@H]2N[S@@](=O)C(C)(C)C. The first-order chi connectivity index (χ1) is 8.43. The van der Waals surface area contributed by atoms with Gasteiger partial charge in [-0.05, 0) is 44.7 Å². The van der Waals surface area contributed by atoms with Crippen molar-refractivity contribution in [2.45, 2.75) is 51.8 Å². The van der Waals surface area contributed by atoms with Gasteiger partial charge in [-0.3, -0.25) is 0 Å². The van der Waals surface area contributed by atoms with Gasteiger partial charge in [-0.2, -0.15) is 13.5 Å². The average Bonchev–Trinajstić information content (AvgIpc) is 2.71. The third-order valence-corrected chi connectivity index (χ3v) is 4.78. The molecule has 0 amide bonds. The van der Waals surface area contributed by atoms with Crippen molar-refractivity contribution in [1.29, 1.82) is 0 Å². The van der Waals surface area contributed by atoms with E-state index in [-0.39, 0.29) is 31.7 Å². The predicted molar refractivity (Wildman–Crippen MR) is 91.9 cm³/mol. The molecular weight excluding hydrogens is 288 g/mol. The number of benzene rings is 1. The Hall–Kier alpha value is -0.830. The summed E-state index contributed by atoms with van der Waals surface area (Å²) < 4.78 is 15.1. The molecule has 2 rings (SSSR count). The maximum atomic E-state index is 12.1. The van der Waals surface area contributed by atoms with E-state index in [1.54, 1.807) is 0 Å². The summed E-state index contributed by atoms with van der Waals surface area (Å²) in [6.07, 6.45) is 1.82. The molecule has 2 atom stereocenters. The van der Waals surface area contributed by atoms with E-state index in [0.29, 0.717) is 0 Å². The Kier molecular flexibility index (Phi) is 6.96. The highest BCUT2D eigenvalue weighted by atomic mass is 32.2. The van der Waals surface area contributed by atoms with Gasteiger partial charge < -0.3 is 0 Å². The molecule has 0 heterocycles. The molecule has 1 aliphatic carbocycles. The van der Waals surface area contributed by atoms with Crippen molar-refractivity contribution in [2.75, 3.05) is 0 Å². The fourth-order valence-corrected chi connectivity index (χ4v) is 3.02. The van der Waals surface area contributed by atoms with E-state index < -0.39 is 11.0 Å². The molecule has 20 heavy (non-hydrogen) atoms. The lowest BCUT2D eigenvalue weighted by Crippen LogP contribution is -2.35. The van der Waals surface area contributed by atoms with E-state index in [9.17, 15) is 4.21 Å². The van der Waals surface area contributed by atoms with Crippen molar-refractivity contribution in [1.82, 2.24) is 4.72 Å². The smallest absolute Gasteiger partial charge is 0.190 e. The minimum Gasteiger partial charge on any atom is -0.242 e. The predicted octanol–water partition coefficient (Wildman–Crippen LogP) is 4.03. The number of hydrogen-bond donors (Lipinski definition) is 1. The highest BCUT2D eigenvalue weighted by Crippen LogP contribution is 2.37. The fraction of sp³-hybridized carbons (Fsp3) is 0.533. The van der Waals surface area contributed by atoms with Gasteiger partial charge in [-0.25, -0.2) is 13.8 Å². The van der Waals surface area contributed by atoms with Crippen LogP contribution in [0.1, 0.15) is 51.8 Å². The largest absolute Gasteiger partial charge is 0.242 e. The molecule has 0 bridgehead atoms. The average molecular weight is 313 g/mol. The Labute approximate surface area is 132 Å². The quantitative estimate of drug-likeness (QED) is 0.822. The number of hydrogen-bond acceptors (Lipinski definition) is 1. The Morgan fingerprint density at radius 2 is 2.05 bits per heavy atom. The van der Waals surface area contributed by atoms with Crippen LogP contribution in [0.25, 0.3) is 4.85 Å². The fourth-order valence-electron chi connectivity index (χ4n) is 2.17. The molecule has 1 aliphatic rings. The maximum absolute atomic E-state index is 12.1. The van der Waals surface area contributed by atoms with Crippen LogP contribution in [0.2, 0.25) is 0 Å². The van der Waals surface area contributed by atoms with Crippen LogP contribution >= 0.6 is 13.5 Å². The van der Waals surface area contributed by atoms with Crippen LogP contribution in [0.15, 0.2) is 18.2 Å². The highest BCUT2D eigenvalue weighted by molar-refractivity contribution is 7.84. The van der Waals surface area contributed by atoms with Crippen molar-refractivity contribution in [2.24, 2.45) is 0 Å². The molecule has 0 radical (unpaired) electrons. The van der Waals surface area contributed by atoms with Crippen LogP contribution in [-0.4, -0.2) is 8.96 Å². The molecule has 0 fully saturated rings. The standard InChI is InChI=1S/C14H18N2OS.CH4.H2S/c1-14(2,3)18(17)16-13-9-8-11-10(13)6-5-7-12(11)15-4;;/h5-7,13,16H,8-9H2,1-3H3;1H4;1H2/t13-,18-;;/m0../s1. The first-order valence-corrected chi connectivity index (χ1v) is 7.26. The lowest BCUT2D eigenvalue weighted by Gasteiger charge is -2.22. The number of rotatable bonds is 2. The second-order valence-corrected chi connectivity index (χ2v) is 7.54. The molecule has 112 valence electrons. The van der Waals surface area contributed by atoms with Crippen molar-refractivity contribution in [3.05, 3.63) is 40.7 Å². The first kappa shape index (κ1) is 19.2. The van der Waals surface area contributed by atoms with E-state index in [2.05, 4.69) is 9.57 Å². The van der Waals surface area contributed by atoms with Gasteiger partial charge in [0.25, 0.3) is 0 Å². The van der Waals surface area contributed by atoms with Gasteiger partial charge in [0, 0.05) is 6.04 Å². The van der Waals surface area contributed by atoms with Gasteiger partial charge in [0.05, 0.1) is 22.3 Å². The van der Waals surface area contributed by atoms with Gasteiger partial charge in [-0.15, -0.1) is 0 Å². The molecule has 0 aromatic heterocycles. The van der Waals surface area contributed by atoms with Crippen molar-refractivity contribution < 1.29 is 4.21 Å². The third kappa shape index (κ3) is 3.85. The molecule has 1 N–H and O–H groups in total. The lowest BCUT2D eigenvalue weighted by atomic mass is 10.1. The first-order valence-electron chi connectivity index (χ1n) is 6.11. The molecule has 1 aromatic carbocycles. The minimum absolute atomic E-state index is 0. The van der Waals surface area contributed by atoms with E-state index in [1.807, 2.05) is 39.0 Å². The zero-order valence-electron chi connectivity index (χ0n) is 11.5. The highest BCUT2D eigenvalue weighted by Gasteiger charge is 2.28. The van der Waals surface area contributed by atoms with Gasteiger partial charge in [-0.1, -0.05) is 25.6 Å². The number of fused-ring (bicyclic) bond motifs is 1. The van der Waals surface area contributed by atoms with Crippen molar-refractivity contribution >= 4 is 30.2 Å². The Balaban J connectivity index is 0.00000180. The van der Waals surface area contributed by atoms with Crippen LogP contribution in [-0.2, 0) is 17.4 Å². The number of nitrogens with one attached hydrogen (secondary N) is 1.